The third kappa shape index (κ3) is 3.86. The molecular formula is C14H13FN2O2. The van der Waals surface area contributed by atoms with Gasteiger partial charge in [-0.05, 0) is 23.3 Å². The minimum atomic E-state index is -0.427. The lowest BCUT2D eigenvalue weighted by molar-refractivity contribution is -0.384. The Kier molecular flexibility index (Phi) is 4.20. The lowest BCUT2D eigenvalue weighted by atomic mass is 10.2. The van der Waals surface area contributed by atoms with Gasteiger partial charge in [-0.1, -0.05) is 24.3 Å². The van der Waals surface area contributed by atoms with Gasteiger partial charge in [-0.3, -0.25) is 10.1 Å². The van der Waals surface area contributed by atoms with Crippen LogP contribution in [0.5, 0.6) is 0 Å². The van der Waals surface area contributed by atoms with Crippen molar-refractivity contribution >= 4 is 5.69 Å². The van der Waals surface area contributed by atoms with E-state index in [-0.39, 0.29) is 11.5 Å². The number of nitrogens with one attached hydrogen (secondary N) is 1. The van der Waals surface area contributed by atoms with E-state index in [1.54, 1.807) is 18.2 Å². The number of hydrogen-bond acceptors (Lipinski definition) is 3. The van der Waals surface area contributed by atoms with Gasteiger partial charge >= 0.3 is 0 Å². The molecule has 4 nitrogen and oxygen atoms in total. The highest BCUT2D eigenvalue weighted by Gasteiger charge is 2.03. The number of nitrogens with zero attached hydrogens (tertiary/aromatic N) is 1. The molecule has 0 aliphatic heterocycles. The smallest absolute Gasteiger partial charge is 0.269 e. The van der Waals surface area contributed by atoms with E-state index in [1.807, 2.05) is 6.07 Å². The van der Waals surface area contributed by atoms with Crippen LogP contribution in [-0.2, 0) is 13.1 Å². The first-order chi connectivity index (χ1) is 9.15. The molecule has 0 spiro atoms. The Morgan fingerprint density at radius 1 is 1.05 bits per heavy atom. The lowest BCUT2D eigenvalue weighted by Crippen LogP contribution is -2.12. The van der Waals surface area contributed by atoms with Gasteiger partial charge in [-0.2, -0.15) is 0 Å². The number of nitro groups is 1. The molecule has 0 aromatic heterocycles. The van der Waals surface area contributed by atoms with Gasteiger partial charge in [-0.25, -0.2) is 4.39 Å². The van der Waals surface area contributed by atoms with Crippen LogP contribution < -0.4 is 5.32 Å². The van der Waals surface area contributed by atoms with E-state index in [1.165, 1.54) is 24.3 Å². The van der Waals surface area contributed by atoms with Gasteiger partial charge in [0, 0.05) is 25.2 Å². The summed E-state index contributed by atoms with van der Waals surface area (Å²) in [6, 6.07) is 12.7. The Hall–Kier alpha value is -2.27. The molecule has 0 amide bonds. The van der Waals surface area contributed by atoms with E-state index in [2.05, 4.69) is 5.32 Å². The zero-order valence-corrected chi connectivity index (χ0v) is 10.2. The van der Waals surface area contributed by atoms with E-state index in [0.29, 0.717) is 13.1 Å². The second-order valence-corrected chi connectivity index (χ2v) is 4.16. The topological polar surface area (TPSA) is 55.2 Å². The molecule has 0 saturated carbocycles. The summed E-state index contributed by atoms with van der Waals surface area (Å²) in [5.74, 6) is -0.255. The SMILES string of the molecule is O=[N+]([O-])c1ccc(CNCc2cccc(F)c2)cc1. The standard InChI is InChI=1S/C14H13FN2O2/c15-13-3-1-2-12(8-13)10-16-9-11-4-6-14(7-5-11)17(18)19/h1-8,16H,9-10H2. The number of nitro benzene ring substituents is 1. The normalized spacial score (nSPS) is 10.4. The Morgan fingerprint density at radius 2 is 1.74 bits per heavy atom. The zero-order chi connectivity index (χ0) is 13.7. The van der Waals surface area contributed by atoms with Gasteiger partial charge in [0.25, 0.3) is 5.69 Å². The minimum Gasteiger partial charge on any atom is -0.309 e. The number of non-ortho nitro benzene ring substituents is 1. The summed E-state index contributed by atoms with van der Waals surface area (Å²) in [6.07, 6.45) is 0. The molecule has 2 aromatic rings. The summed E-state index contributed by atoms with van der Waals surface area (Å²) in [7, 11) is 0. The average molecular weight is 260 g/mol. The summed E-state index contributed by atoms with van der Waals surface area (Å²) >= 11 is 0. The van der Waals surface area contributed by atoms with Crippen molar-refractivity contribution in [3.63, 3.8) is 0 Å². The highest BCUT2D eigenvalue weighted by Crippen LogP contribution is 2.12. The van der Waals surface area contributed by atoms with Crippen molar-refractivity contribution in [2.24, 2.45) is 0 Å². The molecule has 0 fully saturated rings. The molecule has 0 bridgehead atoms. The van der Waals surface area contributed by atoms with Crippen molar-refractivity contribution in [1.82, 2.24) is 5.32 Å². The zero-order valence-electron chi connectivity index (χ0n) is 10.2. The highest BCUT2D eigenvalue weighted by molar-refractivity contribution is 5.32. The molecule has 0 aliphatic carbocycles. The molecule has 2 rings (SSSR count). The molecule has 0 aliphatic rings. The van der Waals surface area contributed by atoms with Gasteiger partial charge in [-0.15, -0.1) is 0 Å². The predicted octanol–water partition coefficient (Wildman–Crippen LogP) is 3.02. The fourth-order valence-electron chi connectivity index (χ4n) is 1.73. The molecule has 0 saturated heterocycles. The number of hydrogen-bond donors (Lipinski definition) is 1. The number of rotatable bonds is 5. The van der Waals surface area contributed by atoms with Gasteiger partial charge < -0.3 is 5.32 Å². The first-order valence-corrected chi connectivity index (χ1v) is 5.83. The molecule has 19 heavy (non-hydrogen) atoms. The van der Waals surface area contributed by atoms with Gasteiger partial charge in [0.05, 0.1) is 4.92 Å². The summed E-state index contributed by atoms with van der Waals surface area (Å²) < 4.78 is 12.9. The summed E-state index contributed by atoms with van der Waals surface area (Å²) in [6.45, 7) is 1.13. The summed E-state index contributed by atoms with van der Waals surface area (Å²) in [4.78, 5) is 10.1. The van der Waals surface area contributed by atoms with Gasteiger partial charge in [0.1, 0.15) is 5.82 Å². The minimum absolute atomic E-state index is 0.0777. The number of benzene rings is 2. The maximum Gasteiger partial charge on any atom is 0.269 e. The monoisotopic (exact) mass is 260 g/mol. The molecule has 1 N–H and O–H groups in total. The summed E-state index contributed by atoms with van der Waals surface area (Å²) in [5.41, 5.74) is 1.89. The molecule has 98 valence electrons. The molecular weight excluding hydrogens is 247 g/mol. The van der Waals surface area contributed by atoms with Crippen LogP contribution >= 0.6 is 0 Å². The number of halogens is 1. The largest absolute Gasteiger partial charge is 0.309 e. The fraction of sp³-hybridized carbons (Fsp3) is 0.143. The van der Waals surface area contributed by atoms with E-state index >= 15 is 0 Å². The first kappa shape index (κ1) is 13.2. The average Bonchev–Trinajstić information content (AvgIpc) is 2.39. The first-order valence-electron chi connectivity index (χ1n) is 5.83. The molecule has 5 heteroatoms. The van der Waals surface area contributed by atoms with Crippen LogP contribution in [0.3, 0.4) is 0 Å². The quantitative estimate of drug-likeness (QED) is 0.664. The van der Waals surface area contributed by atoms with Crippen LogP contribution in [0.4, 0.5) is 10.1 Å². The van der Waals surface area contributed by atoms with Crippen LogP contribution in [-0.4, -0.2) is 4.92 Å². The highest BCUT2D eigenvalue weighted by atomic mass is 19.1. The second kappa shape index (κ2) is 6.06. The van der Waals surface area contributed by atoms with Gasteiger partial charge in [0.15, 0.2) is 0 Å². The predicted molar refractivity (Wildman–Crippen MR) is 70.0 cm³/mol. The molecule has 0 heterocycles. The molecule has 0 radical (unpaired) electrons. The van der Waals surface area contributed by atoms with Crippen LogP contribution in [0.15, 0.2) is 48.5 Å². The van der Waals surface area contributed by atoms with E-state index in [4.69, 9.17) is 0 Å². The maximum absolute atomic E-state index is 12.9. The van der Waals surface area contributed by atoms with Crippen molar-refractivity contribution in [3.8, 4) is 0 Å². The maximum atomic E-state index is 12.9. The van der Waals surface area contributed by atoms with Crippen molar-refractivity contribution < 1.29 is 9.31 Å². The van der Waals surface area contributed by atoms with E-state index < -0.39 is 4.92 Å². The van der Waals surface area contributed by atoms with Crippen LogP contribution in [0.1, 0.15) is 11.1 Å². The van der Waals surface area contributed by atoms with Crippen molar-refractivity contribution in [2.45, 2.75) is 13.1 Å². The van der Waals surface area contributed by atoms with Crippen molar-refractivity contribution in [3.05, 3.63) is 75.6 Å². The fourth-order valence-corrected chi connectivity index (χ4v) is 1.73. The Balaban J connectivity index is 1.87. The van der Waals surface area contributed by atoms with Crippen molar-refractivity contribution in [1.29, 1.82) is 0 Å². The molecule has 0 atom stereocenters. The van der Waals surface area contributed by atoms with Gasteiger partial charge in [0.2, 0.25) is 0 Å². The van der Waals surface area contributed by atoms with E-state index in [0.717, 1.165) is 11.1 Å². The van der Waals surface area contributed by atoms with Crippen molar-refractivity contribution in [2.75, 3.05) is 0 Å². The molecule has 0 unspecified atom stereocenters. The van der Waals surface area contributed by atoms with Crippen LogP contribution in [0.25, 0.3) is 0 Å². The van der Waals surface area contributed by atoms with E-state index in [9.17, 15) is 14.5 Å². The second-order valence-electron chi connectivity index (χ2n) is 4.16. The third-order valence-electron chi connectivity index (χ3n) is 2.69. The molecule has 2 aromatic carbocycles. The Bertz CT molecular complexity index is 570. The van der Waals surface area contributed by atoms with Crippen LogP contribution in [0, 0.1) is 15.9 Å². The Morgan fingerprint density at radius 3 is 2.37 bits per heavy atom. The van der Waals surface area contributed by atoms with Crippen LogP contribution in [0.2, 0.25) is 0 Å². The Labute approximate surface area is 110 Å². The summed E-state index contributed by atoms with van der Waals surface area (Å²) in [5, 5.41) is 13.7. The lowest BCUT2D eigenvalue weighted by Gasteiger charge is -2.05. The third-order valence-corrected chi connectivity index (χ3v) is 2.69.